The van der Waals surface area contributed by atoms with Crippen molar-refractivity contribution in [2.45, 2.75) is 70.3 Å². The summed E-state index contributed by atoms with van der Waals surface area (Å²) in [6.45, 7) is 8.93. The van der Waals surface area contributed by atoms with Gasteiger partial charge in [0.05, 0.1) is 10.6 Å². The van der Waals surface area contributed by atoms with Crippen LogP contribution in [0.4, 0.5) is 0 Å². The van der Waals surface area contributed by atoms with Gasteiger partial charge < -0.3 is 5.73 Å². The summed E-state index contributed by atoms with van der Waals surface area (Å²) in [5, 5.41) is 0.997. The van der Waals surface area contributed by atoms with Crippen LogP contribution in [0.5, 0.6) is 0 Å². The van der Waals surface area contributed by atoms with E-state index in [0.717, 1.165) is 35.9 Å². The molecule has 0 unspecified atom stereocenters. The Morgan fingerprint density at radius 2 is 2.15 bits per heavy atom. The van der Waals surface area contributed by atoms with E-state index < -0.39 is 5.25 Å². The second kappa shape index (κ2) is 7.72. The molecule has 142 valence electrons. The molecule has 0 radical (unpaired) electrons. The van der Waals surface area contributed by atoms with Crippen molar-refractivity contribution in [3.63, 3.8) is 0 Å². The van der Waals surface area contributed by atoms with E-state index in [1.807, 2.05) is 0 Å². The highest BCUT2D eigenvalue weighted by Gasteiger charge is 2.25. The van der Waals surface area contributed by atoms with Gasteiger partial charge in [-0.05, 0) is 50.0 Å². The fourth-order valence-corrected chi connectivity index (χ4v) is 5.60. The topological polar surface area (TPSA) is 78.0 Å². The Morgan fingerprint density at radius 3 is 2.81 bits per heavy atom. The summed E-state index contributed by atoms with van der Waals surface area (Å²) < 4.78 is 1.76. The van der Waals surface area contributed by atoms with Gasteiger partial charge in [0.25, 0.3) is 5.56 Å². The molecule has 1 amide bonds. The molecule has 5 nitrogen and oxygen atoms in total. The maximum absolute atomic E-state index is 13.3. The largest absolute Gasteiger partial charge is 0.369 e. The first-order chi connectivity index (χ1) is 12.3. The van der Waals surface area contributed by atoms with E-state index in [2.05, 4.69) is 20.8 Å². The predicted molar refractivity (Wildman–Crippen MR) is 109 cm³/mol. The molecule has 2 atom stereocenters. The smallest absolute Gasteiger partial charge is 0.263 e. The molecule has 7 heteroatoms. The maximum atomic E-state index is 13.3. The van der Waals surface area contributed by atoms with Crippen LogP contribution >= 0.6 is 23.1 Å². The molecule has 0 spiro atoms. The fraction of sp³-hybridized carbons (Fsp3) is 0.632. The van der Waals surface area contributed by atoms with E-state index in [1.54, 1.807) is 22.8 Å². The van der Waals surface area contributed by atoms with Crippen LogP contribution in [0, 0.1) is 11.8 Å². The molecule has 0 aliphatic heterocycles. The number of rotatable bonds is 6. The number of fused-ring (bicyclic) bond motifs is 3. The lowest BCUT2D eigenvalue weighted by atomic mass is 9.89. The molecule has 0 fully saturated rings. The van der Waals surface area contributed by atoms with E-state index >= 15 is 0 Å². The van der Waals surface area contributed by atoms with Crippen molar-refractivity contribution in [1.82, 2.24) is 9.55 Å². The molecule has 2 N–H and O–H groups in total. The van der Waals surface area contributed by atoms with Gasteiger partial charge in [-0.15, -0.1) is 11.3 Å². The van der Waals surface area contributed by atoms with Crippen molar-refractivity contribution in [2.75, 3.05) is 0 Å². The number of thioether (sulfide) groups is 1. The highest BCUT2D eigenvalue weighted by Crippen LogP contribution is 2.37. The minimum Gasteiger partial charge on any atom is -0.369 e. The van der Waals surface area contributed by atoms with Crippen LogP contribution < -0.4 is 11.3 Å². The first-order valence-electron chi connectivity index (χ1n) is 9.29. The summed E-state index contributed by atoms with van der Waals surface area (Å²) in [5.74, 6) is 0.753. The number of amides is 1. The van der Waals surface area contributed by atoms with E-state index in [9.17, 15) is 9.59 Å². The normalized spacial score (nSPS) is 18.3. The highest BCUT2D eigenvalue weighted by atomic mass is 32.2. The van der Waals surface area contributed by atoms with Crippen molar-refractivity contribution in [3.05, 3.63) is 20.8 Å². The lowest BCUT2D eigenvalue weighted by Crippen LogP contribution is -2.28. The Labute approximate surface area is 162 Å². The molecule has 0 saturated carbocycles. The first kappa shape index (κ1) is 19.4. The summed E-state index contributed by atoms with van der Waals surface area (Å²) in [6, 6.07) is 0. The third-order valence-corrected chi connectivity index (χ3v) is 7.25. The van der Waals surface area contributed by atoms with Crippen LogP contribution in [-0.2, 0) is 24.2 Å². The molecule has 0 aromatic carbocycles. The van der Waals surface area contributed by atoms with Crippen molar-refractivity contribution < 1.29 is 4.79 Å². The Kier molecular flexibility index (Phi) is 5.77. The van der Waals surface area contributed by atoms with Gasteiger partial charge in [-0.25, -0.2) is 4.98 Å². The monoisotopic (exact) mass is 393 g/mol. The minimum absolute atomic E-state index is 0.0434. The number of hydrogen-bond donors (Lipinski definition) is 1. The van der Waals surface area contributed by atoms with Crippen LogP contribution in [0.25, 0.3) is 10.2 Å². The van der Waals surface area contributed by atoms with Gasteiger partial charge in [-0.1, -0.05) is 32.5 Å². The molecule has 0 saturated heterocycles. The van der Waals surface area contributed by atoms with E-state index in [0.29, 0.717) is 23.5 Å². The first-order valence-corrected chi connectivity index (χ1v) is 11.0. The summed E-state index contributed by atoms with van der Waals surface area (Å²) in [6.07, 6.45) is 4.01. The standard InChI is InChI=1S/C19H27N3O2S2/c1-10(2)7-8-22-18(24)15-13-6-5-11(3)9-14(13)26-17(15)21-19(22)25-12(4)16(20)23/h10-12H,5-9H2,1-4H3,(H2,20,23)/t11-,12+/m1/s1. The van der Waals surface area contributed by atoms with E-state index in [-0.39, 0.29) is 11.5 Å². The van der Waals surface area contributed by atoms with Crippen LogP contribution in [0.15, 0.2) is 9.95 Å². The SMILES string of the molecule is CC(C)CCn1c(S[C@@H](C)C(N)=O)nc2sc3c(c2c1=O)CC[C@@H](C)C3. The Bertz CT molecular complexity index is 885. The van der Waals surface area contributed by atoms with Crippen LogP contribution in [0.2, 0.25) is 0 Å². The number of nitrogens with two attached hydrogens (primary N) is 1. The molecular weight excluding hydrogens is 366 g/mol. The fourth-order valence-electron chi connectivity index (χ4n) is 3.30. The minimum atomic E-state index is -0.417. The van der Waals surface area contributed by atoms with Gasteiger partial charge in [0.1, 0.15) is 4.83 Å². The predicted octanol–water partition coefficient (Wildman–Crippen LogP) is 3.59. The number of thiophene rings is 1. The molecule has 26 heavy (non-hydrogen) atoms. The zero-order chi connectivity index (χ0) is 19.0. The summed E-state index contributed by atoms with van der Waals surface area (Å²) in [4.78, 5) is 31.8. The Hall–Kier alpha value is -1.34. The molecule has 3 rings (SSSR count). The molecule has 2 heterocycles. The molecule has 1 aliphatic carbocycles. The van der Waals surface area contributed by atoms with Gasteiger partial charge in [0, 0.05) is 11.4 Å². The lowest BCUT2D eigenvalue weighted by molar-refractivity contribution is -0.117. The van der Waals surface area contributed by atoms with Crippen molar-refractivity contribution in [2.24, 2.45) is 17.6 Å². The number of primary amides is 1. The Morgan fingerprint density at radius 1 is 1.42 bits per heavy atom. The van der Waals surface area contributed by atoms with Crippen LogP contribution in [-0.4, -0.2) is 20.7 Å². The maximum Gasteiger partial charge on any atom is 0.263 e. The summed E-state index contributed by atoms with van der Waals surface area (Å²) in [5.41, 5.74) is 6.68. The lowest BCUT2D eigenvalue weighted by Gasteiger charge is -2.18. The van der Waals surface area contributed by atoms with Gasteiger partial charge in [-0.3, -0.25) is 14.2 Å². The molecule has 2 aromatic heterocycles. The highest BCUT2D eigenvalue weighted by molar-refractivity contribution is 8.00. The Balaban J connectivity index is 2.13. The summed E-state index contributed by atoms with van der Waals surface area (Å²) in [7, 11) is 0. The van der Waals surface area contributed by atoms with E-state index in [1.165, 1.54) is 22.2 Å². The zero-order valence-electron chi connectivity index (χ0n) is 15.9. The molecule has 1 aliphatic rings. The van der Waals surface area contributed by atoms with Crippen LogP contribution in [0.1, 0.15) is 51.0 Å². The number of carbonyl (C=O) groups excluding carboxylic acids is 1. The average molecular weight is 394 g/mol. The van der Waals surface area contributed by atoms with Crippen LogP contribution in [0.3, 0.4) is 0 Å². The third-order valence-electron chi connectivity index (χ3n) is 4.99. The van der Waals surface area contributed by atoms with Gasteiger partial charge in [-0.2, -0.15) is 0 Å². The number of hydrogen-bond acceptors (Lipinski definition) is 5. The van der Waals surface area contributed by atoms with Gasteiger partial charge >= 0.3 is 0 Å². The second-order valence-corrected chi connectivity index (χ2v) is 10.1. The average Bonchev–Trinajstić information content (AvgIpc) is 2.91. The quantitative estimate of drug-likeness (QED) is 0.601. The number of carbonyl (C=O) groups is 1. The van der Waals surface area contributed by atoms with Crippen molar-refractivity contribution in [3.8, 4) is 0 Å². The third kappa shape index (κ3) is 3.83. The van der Waals surface area contributed by atoms with Gasteiger partial charge in [0.15, 0.2) is 5.16 Å². The van der Waals surface area contributed by atoms with Gasteiger partial charge in [0.2, 0.25) is 5.91 Å². The number of nitrogens with zero attached hydrogens (tertiary/aromatic N) is 2. The van der Waals surface area contributed by atoms with E-state index in [4.69, 9.17) is 10.7 Å². The van der Waals surface area contributed by atoms with Crippen molar-refractivity contribution in [1.29, 1.82) is 0 Å². The zero-order valence-corrected chi connectivity index (χ0v) is 17.5. The van der Waals surface area contributed by atoms with Crippen molar-refractivity contribution >= 4 is 39.2 Å². The summed E-state index contributed by atoms with van der Waals surface area (Å²) >= 11 is 2.94. The molecular formula is C19H27N3O2S2. The molecule has 2 aromatic rings. The number of aryl methyl sites for hydroxylation is 1. The second-order valence-electron chi connectivity index (χ2n) is 7.73. The number of aromatic nitrogens is 2. The molecule has 0 bridgehead atoms.